The summed E-state index contributed by atoms with van der Waals surface area (Å²) >= 11 is 0. The minimum absolute atomic E-state index is 0.133. The predicted molar refractivity (Wildman–Crippen MR) is 142 cm³/mol. The molecule has 2 atom stereocenters. The van der Waals surface area contributed by atoms with Gasteiger partial charge in [-0.2, -0.15) is 13.1 Å². The Kier molecular flexibility index (Phi) is 7.92. The highest BCUT2D eigenvalue weighted by atomic mass is 32.2. The van der Waals surface area contributed by atoms with Crippen LogP contribution >= 0.6 is 0 Å². The molecule has 0 spiro atoms. The molecule has 34 heavy (non-hydrogen) atoms. The number of fused-ring (bicyclic) bond motifs is 1. The summed E-state index contributed by atoms with van der Waals surface area (Å²) in [6.07, 6.45) is 2.86. The molecule has 5 nitrogen and oxygen atoms in total. The van der Waals surface area contributed by atoms with E-state index < -0.39 is 24.7 Å². The number of benzene rings is 2. The maximum absolute atomic E-state index is 12.5. The summed E-state index contributed by atoms with van der Waals surface area (Å²) in [4.78, 5) is 0. The molecule has 0 radical (unpaired) electrons. The molecule has 0 aliphatic carbocycles. The Morgan fingerprint density at radius 3 is 2.38 bits per heavy atom. The quantitative estimate of drug-likeness (QED) is 0.326. The molecule has 2 aromatic carbocycles. The van der Waals surface area contributed by atoms with Crippen molar-refractivity contribution in [2.75, 3.05) is 6.61 Å². The van der Waals surface area contributed by atoms with Crippen molar-refractivity contribution in [3.8, 4) is 5.75 Å². The number of para-hydroxylation sites is 1. The van der Waals surface area contributed by atoms with Crippen molar-refractivity contribution in [1.29, 1.82) is 0 Å². The van der Waals surface area contributed by atoms with Crippen LogP contribution in [0, 0.1) is 5.92 Å². The third kappa shape index (κ3) is 6.27. The Bertz CT molecular complexity index is 1150. The molecular weight excluding hydrogens is 462 g/mol. The van der Waals surface area contributed by atoms with Crippen LogP contribution < -0.4 is 8.91 Å². The molecular formula is C27H37NO4SSi. The molecule has 1 aliphatic heterocycles. The van der Waals surface area contributed by atoms with Gasteiger partial charge in [-0.25, -0.2) is 0 Å². The largest absolute Gasteiger partial charge is 0.416 e. The molecule has 2 aromatic rings. The Morgan fingerprint density at radius 2 is 1.76 bits per heavy atom. The highest BCUT2D eigenvalue weighted by Crippen LogP contribution is 2.40. The van der Waals surface area contributed by atoms with Gasteiger partial charge in [0.2, 0.25) is 0 Å². The van der Waals surface area contributed by atoms with E-state index in [0.29, 0.717) is 12.4 Å². The zero-order valence-corrected chi connectivity index (χ0v) is 22.9. The van der Waals surface area contributed by atoms with Crippen molar-refractivity contribution in [1.82, 2.24) is 4.72 Å². The SMILES string of the molecule is C=C(C)[C@@H](/C=C(\CCO[Si](C)(C)C(C)(C)C)c1ccccc1)[C@@H]1NS(=O)(=O)Oc2ccccc21. The molecule has 0 bridgehead atoms. The average Bonchev–Trinajstić information content (AvgIpc) is 2.74. The topological polar surface area (TPSA) is 64.6 Å². The summed E-state index contributed by atoms with van der Waals surface area (Å²) in [5, 5.41) is 0.133. The van der Waals surface area contributed by atoms with Crippen molar-refractivity contribution in [2.24, 2.45) is 5.92 Å². The van der Waals surface area contributed by atoms with Crippen LogP contribution in [0.15, 0.2) is 72.8 Å². The van der Waals surface area contributed by atoms with Gasteiger partial charge in [0.25, 0.3) is 0 Å². The molecule has 0 amide bonds. The lowest BCUT2D eigenvalue weighted by molar-refractivity contribution is 0.296. The molecule has 0 fully saturated rings. The van der Waals surface area contributed by atoms with Crippen LogP contribution in [0.2, 0.25) is 18.1 Å². The smallest absolute Gasteiger partial charge is 0.383 e. The van der Waals surface area contributed by atoms with Gasteiger partial charge in [-0.1, -0.05) is 87.5 Å². The molecule has 0 saturated heterocycles. The van der Waals surface area contributed by atoms with Gasteiger partial charge in [-0.3, -0.25) is 0 Å². The fourth-order valence-electron chi connectivity index (χ4n) is 3.79. The van der Waals surface area contributed by atoms with Crippen LogP contribution in [0.1, 0.15) is 51.3 Å². The lowest BCUT2D eigenvalue weighted by Gasteiger charge is -2.36. The fraction of sp³-hybridized carbons (Fsp3) is 0.407. The van der Waals surface area contributed by atoms with Gasteiger partial charge in [0, 0.05) is 18.1 Å². The van der Waals surface area contributed by atoms with E-state index in [4.69, 9.17) is 8.61 Å². The molecule has 1 N–H and O–H groups in total. The summed E-state index contributed by atoms with van der Waals surface area (Å²) < 4.78 is 39.3. The van der Waals surface area contributed by atoms with Crippen molar-refractivity contribution in [3.05, 3.63) is 84.0 Å². The number of hydrogen-bond donors (Lipinski definition) is 1. The molecule has 1 heterocycles. The van der Waals surface area contributed by atoms with Crippen LogP contribution in [0.25, 0.3) is 5.57 Å². The van der Waals surface area contributed by atoms with Gasteiger partial charge in [0.15, 0.2) is 8.32 Å². The average molecular weight is 500 g/mol. The Morgan fingerprint density at radius 1 is 1.15 bits per heavy atom. The maximum atomic E-state index is 12.5. The Hall–Kier alpha value is -2.19. The third-order valence-corrected chi connectivity index (χ3v) is 12.3. The summed E-state index contributed by atoms with van der Waals surface area (Å²) in [5.41, 5.74) is 3.86. The standard InChI is InChI=1S/C27H37NO4SSi/c1-20(2)24(26-23-15-11-12-16-25(23)32-33(29,30)28-26)19-22(21-13-9-8-10-14-21)17-18-31-34(6,7)27(3,4)5/h8-16,19,24,26,28H,1,17-18H2,2-7H3/b22-19+/t24-,26-/m1/s1. The van der Waals surface area contributed by atoms with E-state index >= 15 is 0 Å². The lowest BCUT2D eigenvalue weighted by Crippen LogP contribution is -2.41. The minimum Gasteiger partial charge on any atom is -0.416 e. The molecule has 3 rings (SSSR count). The van der Waals surface area contributed by atoms with E-state index in [1.807, 2.05) is 37.3 Å². The zero-order valence-electron chi connectivity index (χ0n) is 21.1. The van der Waals surface area contributed by atoms with E-state index in [2.05, 4.69) is 63.4 Å². The highest BCUT2D eigenvalue weighted by molar-refractivity contribution is 7.85. The molecule has 0 saturated carbocycles. The first-order chi connectivity index (χ1) is 15.8. The van der Waals surface area contributed by atoms with Crippen LogP contribution in [0.5, 0.6) is 5.75 Å². The van der Waals surface area contributed by atoms with E-state index in [-0.39, 0.29) is 11.0 Å². The normalized spacial score (nSPS) is 19.1. The monoisotopic (exact) mass is 499 g/mol. The van der Waals surface area contributed by atoms with Crippen molar-refractivity contribution >= 4 is 24.2 Å². The first-order valence-electron chi connectivity index (χ1n) is 11.7. The molecule has 0 unspecified atom stereocenters. The van der Waals surface area contributed by atoms with Crippen LogP contribution in [0.4, 0.5) is 0 Å². The Labute approximate surface area is 206 Å². The minimum atomic E-state index is -3.92. The number of rotatable bonds is 8. The number of hydrogen-bond acceptors (Lipinski definition) is 4. The number of nitrogens with one attached hydrogen (secondary N) is 1. The fourth-order valence-corrected chi connectivity index (χ4v) is 5.86. The van der Waals surface area contributed by atoms with Gasteiger partial charge in [0.1, 0.15) is 5.75 Å². The lowest BCUT2D eigenvalue weighted by atomic mass is 9.85. The van der Waals surface area contributed by atoms with E-state index in [1.54, 1.807) is 12.1 Å². The zero-order chi connectivity index (χ0) is 25.1. The maximum Gasteiger partial charge on any atom is 0.383 e. The van der Waals surface area contributed by atoms with Crippen LogP contribution in [-0.4, -0.2) is 23.3 Å². The Balaban J connectivity index is 1.98. The summed E-state index contributed by atoms with van der Waals surface area (Å²) in [5.74, 6) is 0.0938. The molecule has 184 valence electrons. The molecule has 0 aromatic heterocycles. The van der Waals surface area contributed by atoms with Gasteiger partial charge in [-0.15, -0.1) is 0 Å². The first-order valence-corrected chi connectivity index (χ1v) is 16.0. The van der Waals surface area contributed by atoms with Crippen LogP contribution in [0.3, 0.4) is 0 Å². The van der Waals surface area contributed by atoms with Crippen molar-refractivity contribution in [3.63, 3.8) is 0 Å². The van der Waals surface area contributed by atoms with Crippen molar-refractivity contribution < 1.29 is 17.0 Å². The second-order valence-corrected chi connectivity index (χ2v) is 16.6. The summed E-state index contributed by atoms with van der Waals surface area (Å²) in [7, 11) is -5.80. The third-order valence-electron chi connectivity index (χ3n) is 6.82. The summed E-state index contributed by atoms with van der Waals surface area (Å²) in [6, 6.07) is 16.9. The predicted octanol–water partition coefficient (Wildman–Crippen LogP) is 6.64. The van der Waals surface area contributed by atoms with E-state index in [0.717, 1.165) is 28.7 Å². The molecule has 7 heteroatoms. The van der Waals surface area contributed by atoms with Crippen LogP contribution in [-0.2, 0) is 14.7 Å². The second kappa shape index (κ2) is 10.2. The summed E-state index contributed by atoms with van der Waals surface area (Å²) in [6.45, 7) is 18.0. The van der Waals surface area contributed by atoms with Crippen molar-refractivity contribution in [2.45, 2.75) is 58.3 Å². The highest BCUT2D eigenvalue weighted by Gasteiger charge is 2.37. The van der Waals surface area contributed by atoms with Gasteiger partial charge >= 0.3 is 10.3 Å². The van der Waals surface area contributed by atoms with E-state index in [1.165, 1.54) is 0 Å². The van der Waals surface area contributed by atoms with Gasteiger partial charge in [-0.05, 0) is 48.7 Å². The van der Waals surface area contributed by atoms with Gasteiger partial charge in [0.05, 0.1) is 6.04 Å². The first kappa shape index (κ1) is 26.4. The van der Waals surface area contributed by atoms with Gasteiger partial charge < -0.3 is 8.61 Å². The second-order valence-electron chi connectivity index (χ2n) is 10.5. The van der Waals surface area contributed by atoms with E-state index in [9.17, 15) is 8.42 Å². The molecule has 1 aliphatic rings.